The molecule has 2 aromatic rings. The van der Waals surface area contributed by atoms with Gasteiger partial charge in [0.1, 0.15) is 5.82 Å². The van der Waals surface area contributed by atoms with Crippen LogP contribution >= 0.6 is 0 Å². The molecule has 0 aliphatic carbocycles. The number of hydrogen-bond donors (Lipinski definition) is 2. The molecule has 0 saturated heterocycles. The predicted octanol–water partition coefficient (Wildman–Crippen LogP) is 3.05. The van der Waals surface area contributed by atoms with Crippen LogP contribution in [0.4, 0.5) is 10.1 Å². The Labute approximate surface area is 128 Å². The van der Waals surface area contributed by atoms with Crippen LogP contribution in [0.5, 0.6) is 0 Å². The fourth-order valence-electron chi connectivity index (χ4n) is 2.18. The van der Waals surface area contributed by atoms with Crippen LogP contribution in [0.15, 0.2) is 36.4 Å². The highest BCUT2D eigenvalue weighted by atomic mass is 19.1. The summed E-state index contributed by atoms with van der Waals surface area (Å²) in [4.78, 5) is 24.2. The Morgan fingerprint density at radius 1 is 1.00 bits per heavy atom. The van der Waals surface area contributed by atoms with Crippen molar-refractivity contribution in [2.75, 3.05) is 12.4 Å². The molecule has 0 fully saturated rings. The number of anilines is 1. The fraction of sp³-hybridized carbons (Fsp3) is 0.176. The summed E-state index contributed by atoms with van der Waals surface area (Å²) in [6, 6.07) is 9.34. The average Bonchev–Trinajstić information content (AvgIpc) is 2.49. The van der Waals surface area contributed by atoms with Crippen LogP contribution in [0, 0.1) is 19.7 Å². The third-order valence-electron chi connectivity index (χ3n) is 3.40. The lowest BCUT2D eigenvalue weighted by Crippen LogP contribution is -2.22. The van der Waals surface area contributed by atoms with Gasteiger partial charge in [-0.15, -0.1) is 0 Å². The Balaban J connectivity index is 2.34. The van der Waals surface area contributed by atoms with Crippen LogP contribution in [-0.2, 0) is 0 Å². The number of benzene rings is 2. The molecule has 0 bridgehead atoms. The fourth-order valence-corrected chi connectivity index (χ4v) is 2.18. The molecule has 0 heterocycles. The van der Waals surface area contributed by atoms with Gasteiger partial charge in [-0.1, -0.05) is 12.1 Å². The second-order valence-corrected chi connectivity index (χ2v) is 4.99. The van der Waals surface area contributed by atoms with Gasteiger partial charge in [0.15, 0.2) is 0 Å². The second kappa shape index (κ2) is 6.39. The summed E-state index contributed by atoms with van der Waals surface area (Å²) in [5.74, 6) is -1.03. The van der Waals surface area contributed by atoms with Crippen molar-refractivity contribution >= 4 is 17.5 Å². The van der Waals surface area contributed by atoms with Gasteiger partial charge in [-0.2, -0.15) is 0 Å². The van der Waals surface area contributed by atoms with Gasteiger partial charge < -0.3 is 10.6 Å². The number of nitrogens with one attached hydrogen (secondary N) is 2. The Kier molecular flexibility index (Phi) is 4.56. The Hall–Kier alpha value is -2.69. The van der Waals surface area contributed by atoms with Crippen molar-refractivity contribution in [1.29, 1.82) is 0 Å². The highest BCUT2D eigenvalue weighted by molar-refractivity contribution is 6.09. The third-order valence-corrected chi connectivity index (χ3v) is 3.40. The first-order valence-electron chi connectivity index (χ1n) is 6.83. The predicted molar refractivity (Wildman–Crippen MR) is 83.7 cm³/mol. The summed E-state index contributed by atoms with van der Waals surface area (Å²) in [7, 11) is 1.53. The molecule has 4 nitrogen and oxygen atoms in total. The molecule has 22 heavy (non-hydrogen) atoms. The van der Waals surface area contributed by atoms with Gasteiger partial charge in [0.25, 0.3) is 11.8 Å². The molecule has 0 aliphatic rings. The monoisotopic (exact) mass is 300 g/mol. The molecule has 0 atom stereocenters. The number of rotatable bonds is 3. The van der Waals surface area contributed by atoms with E-state index in [4.69, 9.17) is 0 Å². The molecule has 0 saturated carbocycles. The van der Waals surface area contributed by atoms with Crippen LogP contribution < -0.4 is 10.6 Å². The van der Waals surface area contributed by atoms with Crippen LogP contribution in [0.1, 0.15) is 31.8 Å². The van der Waals surface area contributed by atoms with E-state index >= 15 is 0 Å². The summed E-state index contributed by atoms with van der Waals surface area (Å²) in [5, 5.41) is 5.26. The van der Waals surface area contributed by atoms with Crippen LogP contribution in [0.2, 0.25) is 0 Å². The lowest BCUT2D eigenvalue weighted by atomic mass is 10.0. The first-order chi connectivity index (χ1) is 10.4. The zero-order valence-electron chi connectivity index (χ0n) is 12.7. The van der Waals surface area contributed by atoms with Crippen LogP contribution in [-0.4, -0.2) is 18.9 Å². The third kappa shape index (κ3) is 3.14. The SMILES string of the molecule is CNC(=O)c1c(C)cccc1NC(=O)c1ccc(F)c(C)c1. The maximum atomic E-state index is 13.3. The zero-order chi connectivity index (χ0) is 16.3. The summed E-state index contributed by atoms with van der Waals surface area (Å²) >= 11 is 0. The summed E-state index contributed by atoms with van der Waals surface area (Å²) in [5.41, 5.74) is 2.32. The molecule has 2 aromatic carbocycles. The molecule has 114 valence electrons. The van der Waals surface area contributed by atoms with E-state index in [2.05, 4.69) is 10.6 Å². The molecule has 0 aromatic heterocycles. The first kappa shape index (κ1) is 15.7. The molecule has 2 amide bonds. The van der Waals surface area contributed by atoms with Gasteiger partial charge in [-0.05, 0) is 49.2 Å². The topological polar surface area (TPSA) is 58.2 Å². The molecule has 0 unspecified atom stereocenters. The van der Waals surface area contributed by atoms with Crippen molar-refractivity contribution in [1.82, 2.24) is 5.32 Å². The first-order valence-corrected chi connectivity index (χ1v) is 6.83. The number of carbonyl (C=O) groups is 2. The van der Waals surface area contributed by atoms with Gasteiger partial charge in [-0.3, -0.25) is 9.59 Å². The minimum atomic E-state index is -0.390. The Morgan fingerprint density at radius 3 is 2.36 bits per heavy atom. The normalized spacial score (nSPS) is 10.2. The Morgan fingerprint density at radius 2 is 1.73 bits per heavy atom. The number of aryl methyl sites for hydroxylation is 2. The van der Waals surface area contributed by atoms with Gasteiger partial charge in [0, 0.05) is 12.6 Å². The molecule has 0 aliphatic heterocycles. The minimum absolute atomic E-state index is 0.274. The number of carbonyl (C=O) groups excluding carboxylic acids is 2. The van der Waals surface area contributed by atoms with Gasteiger partial charge in [0.2, 0.25) is 0 Å². The molecule has 0 radical (unpaired) electrons. The zero-order valence-corrected chi connectivity index (χ0v) is 12.7. The lowest BCUT2D eigenvalue weighted by Gasteiger charge is -2.13. The van der Waals surface area contributed by atoms with Crippen molar-refractivity contribution < 1.29 is 14.0 Å². The molecule has 2 rings (SSSR count). The maximum Gasteiger partial charge on any atom is 0.255 e. The van der Waals surface area contributed by atoms with Gasteiger partial charge in [-0.25, -0.2) is 4.39 Å². The highest BCUT2D eigenvalue weighted by Crippen LogP contribution is 2.20. The van der Waals surface area contributed by atoms with Crippen LogP contribution in [0.3, 0.4) is 0 Å². The number of amides is 2. The van der Waals surface area contributed by atoms with E-state index in [-0.39, 0.29) is 17.6 Å². The lowest BCUT2D eigenvalue weighted by molar-refractivity contribution is 0.0963. The van der Waals surface area contributed by atoms with E-state index in [0.29, 0.717) is 22.4 Å². The van der Waals surface area contributed by atoms with E-state index in [0.717, 1.165) is 5.56 Å². The highest BCUT2D eigenvalue weighted by Gasteiger charge is 2.16. The largest absolute Gasteiger partial charge is 0.355 e. The van der Waals surface area contributed by atoms with Crippen molar-refractivity contribution in [3.05, 3.63) is 64.5 Å². The standard InChI is InChI=1S/C17H17FN2O2/c1-10-5-4-6-14(15(10)17(22)19-3)20-16(21)12-7-8-13(18)11(2)9-12/h4-9H,1-3H3,(H,19,22)(H,20,21). The summed E-state index contributed by atoms with van der Waals surface area (Å²) in [6.45, 7) is 3.39. The van der Waals surface area contributed by atoms with Crippen molar-refractivity contribution in [2.45, 2.75) is 13.8 Å². The van der Waals surface area contributed by atoms with Gasteiger partial charge >= 0.3 is 0 Å². The van der Waals surface area contributed by atoms with Crippen LogP contribution in [0.25, 0.3) is 0 Å². The molecule has 2 N–H and O–H groups in total. The smallest absolute Gasteiger partial charge is 0.255 e. The van der Waals surface area contributed by atoms with Gasteiger partial charge in [0.05, 0.1) is 11.3 Å². The Bertz CT molecular complexity index is 741. The van der Waals surface area contributed by atoms with Crippen molar-refractivity contribution in [2.24, 2.45) is 0 Å². The second-order valence-electron chi connectivity index (χ2n) is 4.99. The minimum Gasteiger partial charge on any atom is -0.355 e. The van der Waals surface area contributed by atoms with E-state index in [1.807, 2.05) is 0 Å². The molecule has 0 spiro atoms. The van der Waals surface area contributed by atoms with E-state index in [1.54, 1.807) is 32.0 Å². The van der Waals surface area contributed by atoms with E-state index in [1.165, 1.54) is 25.2 Å². The number of halogens is 1. The molecule has 5 heteroatoms. The molecular weight excluding hydrogens is 283 g/mol. The number of hydrogen-bond acceptors (Lipinski definition) is 2. The summed E-state index contributed by atoms with van der Waals surface area (Å²) in [6.07, 6.45) is 0. The average molecular weight is 300 g/mol. The maximum absolute atomic E-state index is 13.3. The van der Waals surface area contributed by atoms with E-state index < -0.39 is 0 Å². The molecular formula is C17H17FN2O2. The quantitative estimate of drug-likeness (QED) is 0.915. The van der Waals surface area contributed by atoms with Crippen molar-refractivity contribution in [3.63, 3.8) is 0 Å². The summed E-state index contributed by atoms with van der Waals surface area (Å²) < 4.78 is 13.3. The van der Waals surface area contributed by atoms with E-state index in [9.17, 15) is 14.0 Å². The van der Waals surface area contributed by atoms with Crippen molar-refractivity contribution in [3.8, 4) is 0 Å².